The number of oxazole rings is 1. The highest BCUT2D eigenvalue weighted by Crippen LogP contribution is 2.22. The fraction of sp³-hybridized carbons (Fsp3) is 0. The zero-order chi connectivity index (χ0) is 9.97. The first-order valence-corrected chi connectivity index (χ1v) is 4.48. The second-order valence-electron chi connectivity index (χ2n) is 2.76. The summed E-state index contributed by atoms with van der Waals surface area (Å²) in [6.45, 7) is 0. The van der Waals surface area contributed by atoms with Gasteiger partial charge in [-0.1, -0.05) is 42.5 Å². The van der Waals surface area contributed by atoms with Crippen LogP contribution in [0.1, 0.15) is 5.69 Å². The molecule has 0 atom stereocenters. The van der Waals surface area contributed by atoms with E-state index in [9.17, 15) is 0 Å². The molecule has 0 saturated carbocycles. The van der Waals surface area contributed by atoms with E-state index < -0.39 is 0 Å². The summed E-state index contributed by atoms with van der Waals surface area (Å²) < 4.78 is 5.23. The Bertz CT molecular complexity index is 450. The monoisotopic (exact) mass is 204 g/mol. The molecule has 0 unspecified atom stereocenters. The fourth-order valence-corrected chi connectivity index (χ4v) is 1.36. The molecule has 0 aliphatic heterocycles. The second kappa shape index (κ2) is 3.59. The van der Waals surface area contributed by atoms with Gasteiger partial charge in [-0.25, -0.2) is 4.98 Å². The Morgan fingerprint density at radius 2 is 2.00 bits per heavy atom. The van der Waals surface area contributed by atoms with Gasteiger partial charge in [-0.05, 0) is 0 Å². The SMILES string of the molecule is NC(=S)c1ncoc1-c1ccccc1. The molecule has 2 rings (SSSR count). The zero-order valence-electron chi connectivity index (χ0n) is 7.31. The highest BCUT2D eigenvalue weighted by atomic mass is 32.1. The third-order valence-electron chi connectivity index (χ3n) is 1.84. The molecule has 70 valence electrons. The molecule has 0 saturated heterocycles. The number of nitrogens with two attached hydrogens (primary N) is 1. The maximum absolute atomic E-state index is 5.51. The predicted molar refractivity (Wildman–Crippen MR) is 57.8 cm³/mol. The molecule has 1 heterocycles. The number of benzene rings is 1. The Balaban J connectivity index is 2.52. The minimum Gasteiger partial charge on any atom is -0.443 e. The van der Waals surface area contributed by atoms with Crippen molar-refractivity contribution in [2.45, 2.75) is 0 Å². The van der Waals surface area contributed by atoms with E-state index in [1.807, 2.05) is 30.3 Å². The average Bonchev–Trinajstić information content (AvgIpc) is 2.67. The Morgan fingerprint density at radius 3 is 2.64 bits per heavy atom. The van der Waals surface area contributed by atoms with E-state index in [-0.39, 0.29) is 4.99 Å². The van der Waals surface area contributed by atoms with Gasteiger partial charge in [-0.15, -0.1) is 0 Å². The molecule has 3 nitrogen and oxygen atoms in total. The highest BCUT2D eigenvalue weighted by Gasteiger charge is 2.11. The molecule has 0 aliphatic carbocycles. The van der Waals surface area contributed by atoms with E-state index in [1.54, 1.807) is 0 Å². The van der Waals surface area contributed by atoms with Crippen LogP contribution in [0, 0.1) is 0 Å². The first-order chi connectivity index (χ1) is 6.79. The summed E-state index contributed by atoms with van der Waals surface area (Å²) >= 11 is 4.86. The number of aromatic nitrogens is 1. The van der Waals surface area contributed by atoms with Gasteiger partial charge in [0.25, 0.3) is 0 Å². The lowest BCUT2D eigenvalue weighted by atomic mass is 10.1. The van der Waals surface area contributed by atoms with Gasteiger partial charge in [0.05, 0.1) is 0 Å². The normalized spacial score (nSPS) is 10.0. The van der Waals surface area contributed by atoms with Crippen LogP contribution in [0.25, 0.3) is 11.3 Å². The molecule has 0 spiro atoms. The van der Waals surface area contributed by atoms with Gasteiger partial charge in [0.1, 0.15) is 10.7 Å². The first-order valence-electron chi connectivity index (χ1n) is 4.08. The summed E-state index contributed by atoms with van der Waals surface area (Å²) in [5.41, 5.74) is 6.96. The van der Waals surface area contributed by atoms with Crippen LogP contribution in [0.3, 0.4) is 0 Å². The van der Waals surface area contributed by atoms with Crippen molar-refractivity contribution in [1.29, 1.82) is 0 Å². The molecule has 2 aromatic rings. The standard InChI is InChI=1S/C10H8N2OS/c11-10(14)8-9(13-6-12-8)7-4-2-1-3-5-7/h1-6H,(H2,11,14). The van der Waals surface area contributed by atoms with E-state index in [1.165, 1.54) is 6.39 Å². The van der Waals surface area contributed by atoms with Gasteiger partial charge in [0.15, 0.2) is 12.2 Å². The van der Waals surface area contributed by atoms with Crippen molar-refractivity contribution in [1.82, 2.24) is 4.98 Å². The lowest BCUT2D eigenvalue weighted by Crippen LogP contribution is -2.10. The molecule has 0 fully saturated rings. The van der Waals surface area contributed by atoms with E-state index in [0.29, 0.717) is 11.5 Å². The van der Waals surface area contributed by atoms with Crippen LogP contribution < -0.4 is 5.73 Å². The van der Waals surface area contributed by atoms with Crippen molar-refractivity contribution >= 4 is 17.2 Å². The molecule has 0 radical (unpaired) electrons. The van der Waals surface area contributed by atoms with E-state index in [2.05, 4.69) is 4.98 Å². The third-order valence-corrected chi connectivity index (χ3v) is 2.03. The Hall–Kier alpha value is -1.68. The zero-order valence-corrected chi connectivity index (χ0v) is 8.12. The van der Waals surface area contributed by atoms with Gasteiger partial charge in [-0.2, -0.15) is 0 Å². The molecule has 1 aromatic heterocycles. The number of hydrogen-bond donors (Lipinski definition) is 1. The molecule has 1 aromatic carbocycles. The molecule has 4 heteroatoms. The quantitative estimate of drug-likeness (QED) is 0.760. The van der Waals surface area contributed by atoms with E-state index in [0.717, 1.165) is 5.56 Å². The molecule has 0 bridgehead atoms. The van der Waals surface area contributed by atoms with Crippen molar-refractivity contribution in [2.75, 3.05) is 0 Å². The molecule has 14 heavy (non-hydrogen) atoms. The first kappa shape index (κ1) is 8.90. The average molecular weight is 204 g/mol. The van der Waals surface area contributed by atoms with Gasteiger partial charge < -0.3 is 10.2 Å². The number of nitrogens with zero attached hydrogens (tertiary/aromatic N) is 1. The summed E-state index contributed by atoms with van der Waals surface area (Å²) in [5.74, 6) is 0.623. The lowest BCUT2D eigenvalue weighted by Gasteiger charge is -1.98. The molecule has 0 amide bonds. The van der Waals surface area contributed by atoms with Crippen molar-refractivity contribution in [3.63, 3.8) is 0 Å². The van der Waals surface area contributed by atoms with Crippen LogP contribution in [-0.2, 0) is 0 Å². The van der Waals surface area contributed by atoms with Crippen molar-refractivity contribution in [3.05, 3.63) is 42.4 Å². The smallest absolute Gasteiger partial charge is 0.182 e. The summed E-state index contributed by atoms with van der Waals surface area (Å²) in [7, 11) is 0. The van der Waals surface area contributed by atoms with Gasteiger partial charge in [0.2, 0.25) is 0 Å². The summed E-state index contributed by atoms with van der Waals surface area (Å²) in [6, 6.07) is 9.60. The fourth-order valence-electron chi connectivity index (χ4n) is 1.22. The van der Waals surface area contributed by atoms with E-state index in [4.69, 9.17) is 22.4 Å². The van der Waals surface area contributed by atoms with Crippen LogP contribution in [0.15, 0.2) is 41.1 Å². The Kier molecular flexibility index (Phi) is 2.28. The summed E-state index contributed by atoms with van der Waals surface area (Å²) in [6.07, 6.45) is 1.34. The third kappa shape index (κ3) is 1.52. The summed E-state index contributed by atoms with van der Waals surface area (Å²) in [4.78, 5) is 4.21. The van der Waals surface area contributed by atoms with Gasteiger partial charge >= 0.3 is 0 Å². The van der Waals surface area contributed by atoms with Crippen LogP contribution in [0.5, 0.6) is 0 Å². The maximum atomic E-state index is 5.51. The minimum atomic E-state index is 0.248. The number of rotatable bonds is 2. The minimum absolute atomic E-state index is 0.248. The largest absolute Gasteiger partial charge is 0.443 e. The number of thiocarbonyl (C=S) groups is 1. The predicted octanol–water partition coefficient (Wildman–Crippen LogP) is 1.98. The number of hydrogen-bond acceptors (Lipinski definition) is 3. The van der Waals surface area contributed by atoms with Crippen molar-refractivity contribution in [3.8, 4) is 11.3 Å². The molecule has 0 aliphatic rings. The topological polar surface area (TPSA) is 52.0 Å². The molecular formula is C10H8N2OS. The van der Waals surface area contributed by atoms with Crippen LogP contribution in [-0.4, -0.2) is 9.97 Å². The molecular weight excluding hydrogens is 196 g/mol. The lowest BCUT2D eigenvalue weighted by molar-refractivity contribution is 0.572. The van der Waals surface area contributed by atoms with Gasteiger partial charge in [0, 0.05) is 5.56 Å². The second-order valence-corrected chi connectivity index (χ2v) is 3.20. The Labute approximate surface area is 86.6 Å². The van der Waals surface area contributed by atoms with E-state index >= 15 is 0 Å². The van der Waals surface area contributed by atoms with Crippen molar-refractivity contribution < 1.29 is 4.42 Å². The van der Waals surface area contributed by atoms with Crippen LogP contribution in [0.4, 0.5) is 0 Å². The molecule has 2 N–H and O–H groups in total. The summed E-state index contributed by atoms with van der Waals surface area (Å²) in [5, 5.41) is 0. The van der Waals surface area contributed by atoms with Crippen LogP contribution >= 0.6 is 12.2 Å². The van der Waals surface area contributed by atoms with Crippen molar-refractivity contribution in [2.24, 2.45) is 5.73 Å². The maximum Gasteiger partial charge on any atom is 0.182 e. The highest BCUT2D eigenvalue weighted by molar-refractivity contribution is 7.80. The van der Waals surface area contributed by atoms with Gasteiger partial charge in [-0.3, -0.25) is 0 Å². The Morgan fingerprint density at radius 1 is 1.29 bits per heavy atom. The van der Waals surface area contributed by atoms with Crippen LogP contribution in [0.2, 0.25) is 0 Å².